The van der Waals surface area contributed by atoms with Crippen molar-refractivity contribution in [2.45, 2.75) is 24.8 Å². The fraction of sp³-hybridized carbons (Fsp3) is 0.364. The first-order valence-corrected chi connectivity index (χ1v) is 11.5. The van der Waals surface area contributed by atoms with E-state index < -0.39 is 22.4 Å². The molecule has 0 aliphatic carbocycles. The van der Waals surface area contributed by atoms with Crippen molar-refractivity contribution in [1.82, 2.24) is 4.90 Å². The van der Waals surface area contributed by atoms with Crippen LogP contribution in [-0.4, -0.2) is 58.3 Å². The molecular weight excluding hydrogens is 422 g/mol. The summed E-state index contributed by atoms with van der Waals surface area (Å²) in [6.07, 6.45) is 0.632. The molecule has 0 N–H and O–H groups in total. The molecule has 166 valence electrons. The van der Waals surface area contributed by atoms with Gasteiger partial charge in [-0.3, -0.25) is 4.79 Å². The van der Waals surface area contributed by atoms with Crippen LogP contribution in [0.1, 0.15) is 28.4 Å². The van der Waals surface area contributed by atoms with Crippen LogP contribution in [-0.2, 0) is 32.3 Å². The molecule has 0 bridgehead atoms. The Morgan fingerprint density at radius 1 is 1.03 bits per heavy atom. The van der Waals surface area contributed by atoms with Gasteiger partial charge in [-0.25, -0.2) is 13.2 Å². The molecule has 1 aliphatic heterocycles. The molecule has 0 aromatic heterocycles. The number of hydrogen-bond donors (Lipinski definition) is 0. The van der Waals surface area contributed by atoms with E-state index in [1.807, 2.05) is 12.1 Å². The van der Waals surface area contributed by atoms with Gasteiger partial charge in [0, 0.05) is 13.1 Å². The van der Waals surface area contributed by atoms with Crippen LogP contribution < -0.4 is 9.47 Å². The third-order valence-corrected chi connectivity index (χ3v) is 7.01. The molecule has 31 heavy (non-hydrogen) atoms. The van der Waals surface area contributed by atoms with E-state index in [9.17, 15) is 18.0 Å². The molecule has 0 fully saturated rings. The Morgan fingerprint density at radius 2 is 1.68 bits per heavy atom. The molecule has 0 radical (unpaired) electrons. The number of fused-ring (bicyclic) bond motifs is 1. The summed E-state index contributed by atoms with van der Waals surface area (Å²) < 4.78 is 40.2. The van der Waals surface area contributed by atoms with Crippen molar-refractivity contribution in [3.8, 4) is 11.5 Å². The number of hydrogen-bond acceptors (Lipinski definition) is 7. The summed E-state index contributed by atoms with van der Waals surface area (Å²) in [7, 11) is -0.479. The third kappa shape index (κ3) is 4.82. The van der Waals surface area contributed by atoms with Gasteiger partial charge in [-0.1, -0.05) is 19.1 Å². The predicted octanol–water partition coefficient (Wildman–Crippen LogP) is 2.24. The maximum atomic E-state index is 12.6. The zero-order chi connectivity index (χ0) is 22.6. The zero-order valence-corrected chi connectivity index (χ0v) is 18.5. The van der Waals surface area contributed by atoms with E-state index in [1.165, 1.54) is 19.1 Å². The maximum Gasteiger partial charge on any atom is 0.339 e. The van der Waals surface area contributed by atoms with Crippen LogP contribution in [0.15, 0.2) is 41.3 Å². The quantitative estimate of drug-likeness (QED) is 0.600. The summed E-state index contributed by atoms with van der Waals surface area (Å²) in [5, 5.41) is 0. The molecule has 0 saturated carbocycles. The Kier molecular flexibility index (Phi) is 6.84. The van der Waals surface area contributed by atoms with Gasteiger partial charge in [0.1, 0.15) is 0 Å². The fourth-order valence-electron chi connectivity index (χ4n) is 3.45. The number of methoxy groups -OCH3 is 2. The fourth-order valence-corrected chi connectivity index (χ4v) is 4.54. The van der Waals surface area contributed by atoms with E-state index in [0.29, 0.717) is 31.0 Å². The monoisotopic (exact) mass is 447 g/mol. The number of ether oxygens (including phenoxy) is 3. The SMILES string of the molecule is CCS(=O)(=O)c1ccccc1C(=O)OCC(=O)N1CCc2cc(OC)c(OC)cc2C1. The predicted molar refractivity (Wildman–Crippen MR) is 113 cm³/mol. The van der Waals surface area contributed by atoms with Gasteiger partial charge >= 0.3 is 5.97 Å². The summed E-state index contributed by atoms with van der Waals surface area (Å²) in [4.78, 5) is 26.6. The van der Waals surface area contributed by atoms with Gasteiger partial charge in [-0.05, 0) is 41.8 Å². The zero-order valence-electron chi connectivity index (χ0n) is 17.7. The molecule has 2 aromatic carbocycles. The maximum absolute atomic E-state index is 12.6. The second kappa shape index (κ2) is 9.38. The Bertz CT molecular complexity index is 1100. The minimum absolute atomic E-state index is 0.0713. The summed E-state index contributed by atoms with van der Waals surface area (Å²) in [5.41, 5.74) is 1.93. The van der Waals surface area contributed by atoms with Crippen molar-refractivity contribution < 1.29 is 32.2 Å². The molecule has 0 saturated heterocycles. The smallest absolute Gasteiger partial charge is 0.339 e. The Balaban J connectivity index is 1.68. The molecule has 1 amide bonds. The number of amides is 1. The normalized spacial score (nSPS) is 13.3. The summed E-state index contributed by atoms with van der Waals surface area (Å²) in [6, 6.07) is 9.58. The van der Waals surface area contributed by atoms with Crippen molar-refractivity contribution in [2.24, 2.45) is 0 Å². The van der Waals surface area contributed by atoms with E-state index in [2.05, 4.69) is 0 Å². The van der Waals surface area contributed by atoms with Crippen LogP contribution in [0.2, 0.25) is 0 Å². The lowest BCUT2D eigenvalue weighted by atomic mass is 9.99. The minimum atomic E-state index is -3.60. The number of nitrogens with zero attached hydrogens (tertiary/aromatic N) is 1. The third-order valence-electron chi connectivity index (χ3n) is 5.22. The molecule has 1 heterocycles. The van der Waals surface area contributed by atoms with Crippen molar-refractivity contribution in [2.75, 3.05) is 33.1 Å². The number of esters is 1. The van der Waals surface area contributed by atoms with Crippen LogP contribution >= 0.6 is 0 Å². The summed E-state index contributed by atoms with van der Waals surface area (Å²) >= 11 is 0. The van der Waals surface area contributed by atoms with Gasteiger partial charge in [-0.15, -0.1) is 0 Å². The van der Waals surface area contributed by atoms with Gasteiger partial charge in [0.2, 0.25) is 0 Å². The van der Waals surface area contributed by atoms with Crippen molar-refractivity contribution >= 4 is 21.7 Å². The van der Waals surface area contributed by atoms with Gasteiger partial charge < -0.3 is 19.1 Å². The van der Waals surface area contributed by atoms with Gasteiger partial charge in [0.15, 0.2) is 27.9 Å². The average Bonchev–Trinajstić information content (AvgIpc) is 2.80. The van der Waals surface area contributed by atoms with Gasteiger partial charge in [-0.2, -0.15) is 0 Å². The molecule has 8 nitrogen and oxygen atoms in total. The van der Waals surface area contributed by atoms with E-state index in [0.717, 1.165) is 11.1 Å². The lowest BCUT2D eigenvalue weighted by Crippen LogP contribution is -2.38. The number of rotatable bonds is 7. The Morgan fingerprint density at radius 3 is 2.32 bits per heavy atom. The van der Waals surface area contributed by atoms with Gasteiger partial charge in [0.05, 0.1) is 30.4 Å². The van der Waals surface area contributed by atoms with Crippen LogP contribution in [0.4, 0.5) is 0 Å². The number of carbonyl (C=O) groups excluding carboxylic acids is 2. The van der Waals surface area contributed by atoms with Crippen molar-refractivity contribution in [3.63, 3.8) is 0 Å². The highest BCUT2D eigenvalue weighted by Gasteiger charge is 2.25. The highest BCUT2D eigenvalue weighted by atomic mass is 32.2. The lowest BCUT2D eigenvalue weighted by Gasteiger charge is -2.29. The second-order valence-corrected chi connectivity index (χ2v) is 9.26. The molecule has 3 rings (SSSR count). The average molecular weight is 448 g/mol. The van der Waals surface area contributed by atoms with Crippen molar-refractivity contribution in [1.29, 1.82) is 0 Å². The molecule has 2 aromatic rings. The number of sulfone groups is 1. The molecule has 0 unspecified atom stereocenters. The van der Waals surface area contributed by atoms with E-state index in [-0.39, 0.29) is 22.1 Å². The highest BCUT2D eigenvalue weighted by Crippen LogP contribution is 2.33. The number of benzene rings is 2. The summed E-state index contributed by atoms with van der Waals surface area (Å²) in [6.45, 7) is 1.86. The minimum Gasteiger partial charge on any atom is -0.493 e. The first-order valence-electron chi connectivity index (χ1n) is 9.81. The lowest BCUT2D eigenvalue weighted by molar-refractivity contribution is -0.135. The van der Waals surface area contributed by atoms with E-state index in [4.69, 9.17) is 14.2 Å². The molecule has 0 spiro atoms. The van der Waals surface area contributed by atoms with E-state index in [1.54, 1.807) is 31.3 Å². The van der Waals surface area contributed by atoms with Crippen LogP contribution in [0, 0.1) is 0 Å². The van der Waals surface area contributed by atoms with Crippen LogP contribution in [0.25, 0.3) is 0 Å². The largest absolute Gasteiger partial charge is 0.493 e. The Labute approximate surface area is 181 Å². The Hall–Kier alpha value is -3.07. The molecule has 9 heteroatoms. The van der Waals surface area contributed by atoms with Crippen molar-refractivity contribution in [3.05, 3.63) is 53.1 Å². The molecule has 0 atom stereocenters. The van der Waals surface area contributed by atoms with Crippen LogP contribution in [0.5, 0.6) is 11.5 Å². The second-order valence-electron chi connectivity index (χ2n) is 7.02. The van der Waals surface area contributed by atoms with Crippen LogP contribution in [0.3, 0.4) is 0 Å². The van der Waals surface area contributed by atoms with E-state index >= 15 is 0 Å². The summed E-state index contributed by atoms with van der Waals surface area (Å²) in [5.74, 6) is -0.127. The van der Waals surface area contributed by atoms with Gasteiger partial charge in [0.25, 0.3) is 5.91 Å². The molecule has 1 aliphatic rings. The highest BCUT2D eigenvalue weighted by molar-refractivity contribution is 7.91. The first kappa shape index (κ1) is 22.6. The topological polar surface area (TPSA) is 99.2 Å². The number of carbonyl (C=O) groups is 2. The first-order chi connectivity index (χ1) is 14.8. The molecular formula is C22H25NO7S. The standard InChI is InChI=1S/C22H25NO7S/c1-4-31(26,27)20-8-6-5-7-17(20)22(25)30-14-21(24)23-10-9-15-11-18(28-2)19(29-3)12-16(15)13-23/h5-8,11-12H,4,9-10,13-14H2,1-3H3.